The molecule has 0 saturated carbocycles. The van der Waals surface area contributed by atoms with Crippen molar-refractivity contribution in [3.05, 3.63) is 47.4 Å². The van der Waals surface area contributed by atoms with Crippen molar-refractivity contribution in [2.45, 2.75) is 19.4 Å². The first-order chi connectivity index (χ1) is 13.1. The average molecular weight is 368 g/mol. The molecule has 3 rings (SSSR count). The summed E-state index contributed by atoms with van der Waals surface area (Å²) in [6.45, 7) is 2.73. The molecule has 142 valence electrons. The minimum atomic E-state index is -0.680. The van der Waals surface area contributed by atoms with Crippen LogP contribution in [0.3, 0.4) is 0 Å². The van der Waals surface area contributed by atoms with E-state index in [0.29, 0.717) is 35.0 Å². The Morgan fingerprint density at radius 3 is 2.74 bits per heavy atom. The molecule has 1 saturated heterocycles. The van der Waals surface area contributed by atoms with E-state index in [1.54, 1.807) is 24.3 Å². The summed E-state index contributed by atoms with van der Waals surface area (Å²) in [4.78, 5) is 32.5. The zero-order valence-electron chi connectivity index (χ0n) is 15.1. The summed E-state index contributed by atoms with van der Waals surface area (Å²) in [6.07, 6.45) is 3.67. The first-order valence-electron chi connectivity index (χ1n) is 9.03. The largest absolute Gasteiger partial charge is 0.364 e. The number of aromatic nitrogens is 2. The maximum absolute atomic E-state index is 12.5. The van der Waals surface area contributed by atoms with E-state index in [-0.39, 0.29) is 18.1 Å². The molecule has 8 heteroatoms. The van der Waals surface area contributed by atoms with E-state index in [9.17, 15) is 9.59 Å². The highest BCUT2D eigenvalue weighted by atomic mass is 16.2. The molecule has 1 aliphatic heterocycles. The van der Waals surface area contributed by atoms with E-state index in [1.165, 1.54) is 6.20 Å². The summed E-state index contributed by atoms with van der Waals surface area (Å²) in [6, 6.07) is 7.06. The van der Waals surface area contributed by atoms with E-state index < -0.39 is 5.91 Å². The van der Waals surface area contributed by atoms with Crippen molar-refractivity contribution in [2.24, 2.45) is 17.4 Å². The fourth-order valence-electron chi connectivity index (χ4n) is 3.14. The summed E-state index contributed by atoms with van der Waals surface area (Å²) in [5.74, 6) is -0.302. The lowest BCUT2D eigenvalue weighted by Crippen LogP contribution is -2.35. The maximum atomic E-state index is 12.5. The molecule has 1 aromatic heterocycles. The molecule has 27 heavy (non-hydrogen) atoms. The summed E-state index contributed by atoms with van der Waals surface area (Å²) < 4.78 is 0. The van der Waals surface area contributed by atoms with Crippen LogP contribution < -0.4 is 22.1 Å². The lowest BCUT2D eigenvalue weighted by molar-refractivity contribution is 0.0943. The highest BCUT2D eigenvalue weighted by molar-refractivity contribution is 5.95. The molecule has 1 fully saturated rings. The number of carbonyl (C=O) groups is 2. The number of rotatable bonds is 6. The molecule has 0 spiro atoms. The number of primary amides is 1. The number of nitrogens with two attached hydrogens (primary N) is 2. The molecule has 6 N–H and O–H groups in total. The van der Waals surface area contributed by atoms with Gasteiger partial charge in [0.1, 0.15) is 0 Å². The molecule has 8 nitrogen and oxygen atoms in total. The first kappa shape index (κ1) is 18.9. The zero-order chi connectivity index (χ0) is 19.2. The van der Waals surface area contributed by atoms with Gasteiger partial charge < -0.3 is 22.1 Å². The molecular formula is C19H24N6O2. The number of benzene rings is 1. The van der Waals surface area contributed by atoms with Crippen LogP contribution in [-0.2, 0) is 6.54 Å². The van der Waals surface area contributed by atoms with Crippen molar-refractivity contribution in [1.29, 1.82) is 0 Å². The van der Waals surface area contributed by atoms with Crippen molar-refractivity contribution in [3.8, 4) is 11.3 Å². The van der Waals surface area contributed by atoms with Gasteiger partial charge in [-0.15, -0.1) is 0 Å². The van der Waals surface area contributed by atoms with Gasteiger partial charge in [0.05, 0.1) is 17.6 Å². The smallest absolute Gasteiger partial charge is 0.269 e. The number of hydrogen-bond acceptors (Lipinski definition) is 6. The molecule has 0 aliphatic carbocycles. The predicted molar refractivity (Wildman–Crippen MR) is 102 cm³/mol. The van der Waals surface area contributed by atoms with Crippen LogP contribution in [0.2, 0.25) is 0 Å². The van der Waals surface area contributed by atoms with Gasteiger partial charge in [-0.2, -0.15) is 0 Å². The molecule has 0 bridgehead atoms. The Morgan fingerprint density at radius 2 is 2.04 bits per heavy atom. The van der Waals surface area contributed by atoms with E-state index in [2.05, 4.69) is 20.6 Å². The lowest BCUT2D eigenvalue weighted by atomic mass is 9.98. The van der Waals surface area contributed by atoms with Crippen molar-refractivity contribution in [3.63, 3.8) is 0 Å². The maximum Gasteiger partial charge on any atom is 0.269 e. The minimum absolute atomic E-state index is 0.0516. The predicted octanol–water partition coefficient (Wildman–Crippen LogP) is 0.431. The number of carbonyl (C=O) groups excluding carboxylic acids is 2. The van der Waals surface area contributed by atoms with Crippen LogP contribution in [-0.4, -0.2) is 41.4 Å². The Labute approximate surface area is 157 Å². The number of piperidine rings is 1. The Kier molecular flexibility index (Phi) is 6.10. The highest BCUT2D eigenvalue weighted by Gasteiger charge is 2.16. The van der Waals surface area contributed by atoms with Crippen LogP contribution in [0.25, 0.3) is 11.3 Å². The summed E-state index contributed by atoms with van der Waals surface area (Å²) >= 11 is 0. The van der Waals surface area contributed by atoms with Crippen LogP contribution in [0.5, 0.6) is 0 Å². The lowest BCUT2D eigenvalue weighted by Gasteiger charge is -2.22. The standard InChI is InChI=1S/C19H24N6O2/c20-9-15-17(18(21)26)25-16(11-23-15)13-2-1-3-14(8-13)19(27)24-10-12-4-6-22-7-5-12/h1-3,8,11-12,22H,4-7,9-10,20H2,(H2,21,26)(H,24,27). The van der Waals surface area contributed by atoms with Gasteiger partial charge in [-0.05, 0) is 44.0 Å². The van der Waals surface area contributed by atoms with E-state index in [4.69, 9.17) is 11.5 Å². The van der Waals surface area contributed by atoms with Crippen molar-refractivity contribution in [2.75, 3.05) is 19.6 Å². The Balaban J connectivity index is 1.76. The topological polar surface area (TPSA) is 136 Å². The third kappa shape index (κ3) is 4.66. The summed E-state index contributed by atoms with van der Waals surface area (Å²) in [7, 11) is 0. The fraction of sp³-hybridized carbons (Fsp3) is 0.368. The van der Waals surface area contributed by atoms with Crippen molar-refractivity contribution in [1.82, 2.24) is 20.6 Å². The quantitative estimate of drug-likeness (QED) is 0.584. The molecule has 2 heterocycles. The summed E-state index contributed by atoms with van der Waals surface area (Å²) in [5, 5.41) is 6.32. The molecule has 0 atom stereocenters. The Morgan fingerprint density at radius 1 is 1.26 bits per heavy atom. The first-order valence-corrected chi connectivity index (χ1v) is 9.03. The van der Waals surface area contributed by atoms with E-state index >= 15 is 0 Å². The average Bonchev–Trinajstić information content (AvgIpc) is 2.72. The highest BCUT2D eigenvalue weighted by Crippen LogP contribution is 2.19. The van der Waals surface area contributed by atoms with Crippen molar-refractivity contribution < 1.29 is 9.59 Å². The third-order valence-corrected chi connectivity index (χ3v) is 4.71. The van der Waals surface area contributed by atoms with Gasteiger partial charge in [0.15, 0.2) is 5.69 Å². The van der Waals surface area contributed by atoms with Gasteiger partial charge in [0.2, 0.25) is 0 Å². The van der Waals surface area contributed by atoms with Crippen molar-refractivity contribution >= 4 is 11.8 Å². The van der Waals surface area contributed by atoms with Crippen LogP contribution in [0, 0.1) is 5.92 Å². The molecule has 2 aromatic rings. The second-order valence-electron chi connectivity index (χ2n) is 6.60. The number of nitrogens with zero attached hydrogens (tertiary/aromatic N) is 2. The number of nitrogens with one attached hydrogen (secondary N) is 2. The van der Waals surface area contributed by atoms with Crippen LogP contribution in [0.15, 0.2) is 30.5 Å². The SMILES string of the molecule is NCc1ncc(-c2cccc(C(=O)NCC3CCNCC3)c2)nc1C(N)=O. The van der Waals surface area contributed by atoms with Gasteiger partial charge in [0, 0.05) is 24.2 Å². The van der Waals surface area contributed by atoms with Gasteiger partial charge in [-0.3, -0.25) is 14.6 Å². The van der Waals surface area contributed by atoms with Crippen LogP contribution in [0.4, 0.5) is 0 Å². The second-order valence-corrected chi connectivity index (χ2v) is 6.60. The molecule has 1 aromatic carbocycles. The van der Waals surface area contributed by atoms with Gasteiger partial charge >= 0.3 is 0 Å². The van der Waals surface area contributed by atoms with E-state index in [0.717, 1.165) is 25.9 Å². The molecule has 2 amide bonds. The number of amides is 2. The summed E-state index contributed by atoms with van der Waals surface area (Å²) in [5.41, 5.74) is 13.0. The van der Waals surface area contributed by atoms with Gasteiger partial charge in [0.25, 0.3) is 11.8 Å². The van der Waals surface area contributed by atoms with Crippen LogP contribution >= 0.6 is 0 Å². The van der Waals surface area contributed by atoms with Gasteiger partial charge in [-0.1, -0.05) is 12.1 Å². The van der Waals surface area contributed by atoms with Crippen LogP contribution in [0.1, 0.15) is 39.4 Å². The number of hydrogen-bond donors (Lipinski definition) is 4. The molecular weight excluding hydrogens is 344 g/mol. The second kappa shape index (κ2) is 8.70. The fourth-order valence-corrected chi connectivity index (χ4v) is 3.14. The Hall–Kier alpha value is -2.84. The molecule has 1 aliphatic rings. The van der Waals surface area contributed by atoms with Gasteiger partial charge in [-0.25, -0.2) is 4.98 Å². The monoisotopic (exact) mass is 368 g/mol. The Bertz CT molecular complexity index is 833. The third-order valence-electron chi connectivity index (χ3n) is 4.71. The van der Waals surface area contributed by atoms with E-state index in [1.807, 2.05) is 0 Å². The molecule has 0 unspecified atom stereocenters. The minimum Gasteiger partial charge on any atom is -0.364 e. The zero-order valence-corrected chi connectivity index (χ0v) is 15.1. The molecule has 0 radical (unpaired) electrons. The normalized spacial score (nSPS) is 14.7.